The summed E-state index contributed by atoms with van der Waals surface area (Å²) >= 11 is 12.0. The lowest BCUT2D eigenvalue weighted by Crippen LogP contribution is -2.42. The number of carbonyl (C=O) groups is 1. The fraction of sp³-hybridized carbons (Fsp3) is 0.579. The summed E-state index contributed by atoms with van der Waals surface area (Å²) in [7, 11) is 3.42. The Morgan fingerprint density at radius 1 is 1.36 bits per heavy atom. The van der Waals surface area contributed by atoms with Crippen molar-refractivity contribution < 1.29 is 14.3 Å². The molecule has 0 aliphatic carbocycles. The van der Waals surface area contributed by atoms with Crippen LogP contribution in [0.3, 0.4) is 0 Å². The molecule has 1 aliphatic rings. The summed E-state index contributed by atoms with van der Waals surface area (Å²) in [6.07, 6.45) is 1.03. The molecule has 7 nitrogen and oxygen atoms in total. The Morgan fingerprint density at radius 2 is 2.18 bits per heavy atom. The summed E-state index contributed by atoms with van der Waals surface area (Å²) in [6.45, 7) is 3.81. The highest BCUT2D eigenvalue weighted by molar-refractivity contribution is 6.35. The molecule has 0 saturated carbocycles. The summed E-state index contributed by atoms with van der Waals surface area (Å²) in [5, 5.41) is 7.66. The van der Waals surface area contributed by atoms with Crippen LogP contribution in [-0.4, -0.2) is 70.3 Å². The van der Waals surface area contributed by atoms with E-state index in [4.69, 9.17) is 32.7 Å². The molecular weight excluding hydrogens is 403 g/mol. The molecule has 1 aromatic carbocycles. The molecule has 0 bridgehead atoms. The lowest BCUT2D eigenvalue weighted by atomic mass is 10.1. The van der Waals surface area contributed by atoms with Crippen LogP contribution in [0.1, 0.15) is 12.0 Å². The van der Waals surface area contributed by atoms with Crippen molar-refractivity contribution in [3.05, 3.63) is 33.8 Å². The minimum absolute atomic E-state index is 0.0565. The monoisotopic (exact) mass is 430 g/mol. The fourth-order valence-electron chi connectivity index (χ4n) is 2.51. The van der Waals surface area contributed by atoms with Crippen molar-refractivity contribution in [3.63, 3.8) is 0 Å². The predicted octanol–water partition coefficient (Wildman–Crippen LogP) is 2.17. The van der Waals surface area contributed by atoms with Gasteiger partial charge in [-0.2, -0.15) is 0 Å². The van der Waals surface area contributed by atoms with Crippen LogP contribution < -0.4 is 10.6 Å². The number of nitrogens with one attached hydrogen (secondary N) is 2. The van der Waals surface area contributed by atoms with E-state index in [2.05, 4.69) is 15.6 Å². The minimum Gasteiger partial charge on any atom is -0.381 e. The van der Waals surface area contributed by atoms with Gasteiger partial charge in [-0.25, -0.2) is 4.99 Å². The largest absolute Gasteiger partial charge is 0.381 e. The molecule has 1 aromatic rings. The third-order valence-electron chi connectivity index (χ3n) is 4.26. The Hall–Kier alpha value is -1.54. The van der Waals surface area contributed by atoms with Crippen molar-refractivity contribution in [1.29, 1.82) is 0 Å². The van der Waals surface area contributed by atoms with E-state index < -0.39 is 0 Å². The summed E-state index contributed by atoms with van der Waals surface area (Å²) in [5.74, 6) is 0.994. The molecule has 156 valence electrons. The van der Waals surface area contributed by atoms with E-state index in [0.717, 1.165) is 31.7 Å². The number of aliphatic imine (C=N–C) groups is 1. The summed E-state index contributed by atoms with van der Waals surface area (Å²) in [6, 6.07) is 5.33. The van der Waals surface area contributed by atoms with Gasteiger partial charge in [-0.3, -0.25) is 4.79 Å². The SMILES string of the molecule is CN(C)C(=O)CN=C(NCCOCc1ccc(Cl)cc1Cl)NCC1CCOC1. The number of nitrogens with zero attached hydrogens (tertiary/aromatic N) is 2. The van der Waals surface area contributed by atoms with Crippen molar-refractivity contribution >= 4 is 35.1 Å². The Kier molecular flexibility index (Phi) is 9.84. The lowest BCUT2D eigenvalue weighted by Gasteiger charge is -2.16. The third-order valence-corrected chi connectivity index (χ3v) is 4.85. The number of ether oxygens (including phenoxy) is 2. The first-order chi connectivity index (χ1) is 13.5. The smallest absolute Gasteiger partial charge is 0.243 e. The maximum atomic E-state index is 11.8. The van der Waals surface area contributed by atoms with Crippen molar-refractivity contribution in [2.24, 2.45) is 10.9 Å². The first-order valence-electron chi connectivity index (χ1n) is 9.27. The second-order valence-corrected chi connectivity index (χ2v) is 7.62. The molecule has 1 unspecified atom stereocenters. The number of carbonyl (C=O) groups excluding carboxylic acids is 1. The Labute approximate surface area is 176 Å². The number of rotatable bonds is 9. The number of hydrogen-bond donors (Lipinski definition) is 2. The van der Waals surface area contributed by atoms with Gasteiger partial charge in [0.2, 0.25) is 5.91 Å². The fourth-order valence-corrected chi connectivity index (χ4v) is 2.97. The van der Waals surface area contributed by atoms with Gasteiger partial charge < -0.3 is 25.0 Å². The number of guanidine groups is 1. The molecule has 1 heterocycles. The van der Waals surface area contributed by atoms with Crippen LogP contribution in [0.25, 0.3) is 0 Å². The van der Waals surface area contributed by atoms with E-state index in [1.54, 1.807) is 26.2 Å². The van der Waals surface area contributed by atoms with E-state index >= 15 is 0 Å². The summed E-state index contributed by atoms with van der Waals surface area (Å²) in [4.78, 5) is 17.7. The first-order valence-corrected chi connectivity index (χ1v) is 10.0. The van der Waals surface area contributed by atoms with Gasteiger partial charge in [0.05, 0.1) is 19.8 Å². The van der Waals surface area contributed by atoms with Gasteiger partial charge in [0.1, 0.15) is 6.54 Å². The highest BCUT2D eigenvalue weighted by Gasteiger charge is 2.16. The van der Waals surface area contributed by atoms with Gasteiger partial charge in [0, 0.05) is 49.8 Å². The van der Waals surface area contributed by atoms with Crippen LogP contribution in [0, 0.1) is 5.92 Å². The van der Waals surface area contributed by atoms with Crippen molar-refractivity contribution in [2.45, 2.75) is 13.0 Å². The molecule has 2 N–H and O–H groups in total. The van der Waals surface area contributed by atoms with E-state index in [-0.39, 0.29) is 12.5 Å². The van der Waals surface area contributed by atoms with Crippen molar-refractivity contribution in [2.75, 3.05) is 53.6 Å². The Morgan fingerprint density at radius 3 is 2.86 bits per heavy atom. The van der Waals surface area contributed by atoms with Crippen LogP contribution in [0.4, 0.5) is 0 Å². The lowest BCUT2D eigenvalue weighted by molar-refractivity contribution is -0.127. The van der Waals surface area contributed by atoms with Gasteiger partial charge in [-0.1, -0.05) is 29.3 Å². The van der Waals surface area contributed by atoms with Crippen LogP contribution in [0.2, 0.25) is 10.0 Å². The topological polar surface area (TPSA) is 75.2 Å². The zero-order valence-corrected chi connectivity index (χ0v) is 17.9. The number of hydrogen-bond acceptors (Lipinski definition) is 4. The molecule has 1 saturated heterocycles. The average molecular weight is 431 g/mol. The molecule has 1 amide bonds. The number of halogens is 2. The van der Waals surface area contributed by atoms with Gasteiger partial charge >= 0.3 is 0 Å². The van der Waals surface area contributed by atoms with Crippen LogP contribution in [-0.2, 0) is 20.9 Å². The highest BCUT2D eigenvalue weighted by atomic mass is 35.5. The third kappa shape index (κ3) is 8.22. The van der Waals surface area contributed by atoms with Crippen molar-refractivity contribution in [1.82, 2.24) is 15.5 Å². The maximum Gasteiger partial charge on any atom is 0.243 e. The molecule has 0 spiro atoms. The summed E-state index contributed by atoms with van der Waals surface area (Å²) in [5.41, 5.74) is 0.885. The predicted molar refractivity (Wildman–Crippen MR) is 112 cm³/mol. The van der Waals surface area contributed by atoms with Gasteiger partial charge in [0.15, 0.2) is 5.96 Å². The average Bonchev–Trinajstić information content (AvgIpc) is 3.17. The normalized spacial score (nSPS) is 16.9. The minimum atomic E-state index is -0.0565. The molecule has 28 heavy (non-hydrogen) atoms. The molecule has 1 atom stereocenters. The zero-order valence-electron chi connectivity index (χ0n) is 16.3. The number of amides is 1. The molecular formula is C19H28Cl2N4O3. The van der Waals surface area contributed by atoms with Crippen LogP contribution in [0.5, 0.6) is 0 Å². The van der Waals surface area contributed by atoms with Gasteiger partial charge in [-0.05, 0) is 24.1 Å². The first kappa shape index (κ1) is 22.7. The molecule has 1 aliphatic heterocycles. The Balaban J connectivity index is 1.76. The van der Waals surface area contributed by atoms with Crippen molar-refractivity contribution in [3.8, 4) is 0 Å². The Bertz CT molecular complexity index is 665. The van der Waals surface area contributed by atoms with E-state index in [9.17, 15) is 4.79 Å². The van der Waals surface area contributed by atoms with Crippen LogP contribution >= 0.6 is 23.2 Å². The quantitative estimate of drug-likeness (QED) is 0.356. The second-order valence-electron chi connectivity index (χ2n) is 6.78. The standard InChI is InChI=1S/C19H28Cl2N4O3/c1-25(2)18(26)11-24-19(23-10-14-5-7-27-12-14)22-6-8-28-13-15-3-4-16(20)9-17(15)21/h3-4,9,14H,5-8,10-13H2,1-2H3,(H2,22,23,24). The molecule has 0 aromatic heterocycles. The second kappa shape index (κ2) is 12.1. The number of likely N-dealkylation sites (N-methyl/N-ethyl adjacent to an activating group) is 1. The summed E-state index contributed by atoms with van der Waals surface area (Å²) < 4.78 is 11.1. The molecule has 2 rings (SSSR count). The maximum absolute atomic E-state index is 11.8. The van der Waals surface area contributed by atoms with E-state index in [1.807, 2.05) is 6.07 Å². The van der Waals surface area contributed by atoms with E-state index in [1.165, 1.54) is 4.90 Å². The molecule has 9 heteroatoms. The highest BCUT2D eigenvalue weighted by Crippen LogP contribution is 2.21. The zero-order chi connectivity index (χ0) is 20.4. The van der Waals surface area contributed by atoms with Gasteiger partial charge in [0.25, 0.3) is 0 Å². The number of benzene rings is 1. The van der Waals surface area contributed by atoms with Gasteiger partial charge in [-0.15, -0.1) is 0 Å². The van der Waals surface area contributed by atoms with Crippen LogP contribution in [0.15, 0.2) is 23.2 Å². The molecule has 0 radical (unpaired) electrons. The van der Waals surface area contributed by atoms with E-state index in [0.29, 0.717) is 41.7 Å². The molecule has 1 fully saturated rings.